The number of imidazole rings is 1. The van der Waals surface area contributed by atoms with Crippen LogP contribution < -0.4 is 0 Å². The molecule has 3 N–H and O–H groups in total. The van der Waals surface area contributed by atoms with Gasteiger partial charge in [-0.1, -0.05) is 11.8 Å². The second kappa shape index (κ2) is 4.18. The molecule has 0 aliphatic carbocycles. The fraction of sp³-hybridized carbons (Fsp3) is 0.429. The number of carboxylic acids is 1. The molecule has 0 saturated carbocycles. The van der Waals surface area contributed by atoms with Crippen LogP contribution in [-0.4, -0.2) is 32.4 Å². The van der Waals surface area contributed by atoms with E-state index in [9.17, 15) is 9.90 Å². The lowest BCUT2D eigenvalue weighted by Crippen LogP contribution is -1.97. The van der Waals surface area contributed by atoms with Crippen LogP contribution in [0.25, 0.3) is 0 Å². The van der Waals surface area contributed by atoms with Crippen molar-refractivity contribution in [2.75, 3.05) is 6.26 Å². The zero-order chi connectivity index (χ0) is 9.84. The molecule has 1 aromatic heterocycles. The van der Waals surface area contributed by atoms with Crippen LogP contribution in [0, 0.1) is 0 Å². The van der Waals surface area contributed by atoms with E-state index in [1.165, 1.54) is 11.8 Å². The van der Waals surface area contributed by atoms with Crippen LogP contribution in [-0.2, 0) is 11.2 Å². The Kier molecular flexibility index (Phi) is 3.18. The summed E-state index contributed by atoms with van der Waals surface area (Å²) in [5, 5.41) is 18.2. The molecule has 0 unspecified atom stereocenters. The average Bonchev–Trinajstić information content (AvgIpc) is 2.43. The molecule has 0 aliphatic rings. The standard InChI is InChI=1S/C7H10N2O3S/c1-13-7-8-4(6(12)9-7)2-3-5(10)11/h12H,2-3H2,1H3,(H,8,9)(H,10,11). The highest BCUT2D eigenvalue weighted by molar-refractivity contribution is 7.98. The molecule has 1 heterocycles. The molecule has 0 aromatic carbocycles. The van der Waals surface area contributed by atoms with E-state index in [4.69, 9.17) is 5.11 Å². The van der Waals surface area contributed by atoms with Crippen molar-refractivity contribution in [3.05, 3.63) is 5.69 Å². The van der Waals surface area contributed by atoms with Crippen LogP contribution in [0.4, 0.5) is 0 Å². The van der Waals surface area contributed by atoms with E-state index in [1.807, 2.05) is 6.26 Å². The summed E-state index contributed by atoms with van der Waals surface area (Å²) in [4.78, 5) is 16.8. The summed E-state index contributed by atoms with van der Waals surface area (Å²) in [6.45, 7) is 0. The Morgan fingerprint density at radius 2 is 2.38 bits per heavy atom. The molecule has 1 aromatic rings. The summed E-state index contributed by atoms with van der Waals surface area (Å²) in [6, 6.07) is 0. The van der Waals surface area contributed by atoms with Crippen LogP contribution in [0.3, 0.4) is 0 Å². The van der Waals surface area contributed by atoms with E-state index in [0.717, 1.165) is 0 Å². The van der Waals surface area contributed by atoms with Gasteiger partial charge < -0.3 is 15.2 Å². The molecular formula is C7H10N2O3S. The number of nitrogens with one attached hydrogen (secondary N) is 1. The first-order valence-corrected chi connectivity index (χ1v) is 4.89. The number of aromatic nitrogens is 2. The van der Waals surface area contributed by atoms with E-state index in [0.29, 0.717) is 10.9 Å². The second-order valence-corrected chi connectivity index (χ2v) is 3.24. The predicted octanol–water partition coefficient (Wildman–Crippen LogP) is 0.854. The van der Waals surface area contributed by atoms with Crippen molar-refractivity contribution < 1.29 is 15.0 Å². The topological polar surface area (TPSA) is 86.2 Å². The summed E-state index contributed by atoms with van der Waals surface area (Å²) in [5.74, 6) is -0.995. The van der Waals surface area contributed by atoms with Crippen LogP contribution in [0.15, 0.2) is 5.16 Å². The number of carboxylic acid groups (broad SMARTS) is 1. The number of nitrogens with zero attached hydrogens (tertiary/aromatic N) is 1. The van der Waals surface area contributed by atoms with Gasteiger partial charge in [-0.15, -0.1) is 0 Å². The minimum absolute atomic E-state index is 0.0103. The lowest BCUT2D eigenvalue weighted by atomic mass is 10.2. The number of aryl methyl sites for hydroxylation is 1. The Bertz CT molecular complexity index is 311. The molecular weight excluding hydrogens is 192 g/mol. The van der Waals surface area contributed by atoms with Gasteiger partial charge in [-0.2, -0.15) is 4.98 Å². The number of hydrogen-bond acceptors (Lipinski definition) is 4. The minimum atomic E-state index is -0.889. The van der Waals surface area contributed by atoms with Gasteiger partial charge in [-0.3, -0.25) is 4.79 Å². The van der Waals surface area contributed by atoms with Gasteiger partial charge in [-0.25, -0.2) is 0 Å². The average molecular weight is 202 g/mol. The van der Waals surface area contributed by atoms with E-state index in [1.54, 1.807) is 0 Å². The molecule has 0 amide bonds. The largest absolute Gasteiger partial charge is 0.492 e. The van der Waals surface area contributed by atoms with Gasteiger partial charge in [0.2, 0.25) is 5.88 Å². The van der Waals surface area contributed by atoms with Crippen molar-refractivity contribution in [1.29, 1.82) is 0 Å². The molecule has 0 radical (unpaired) electrons. The molecule has 0 spiro atoms. The third kappa shape index (κ3) is 2.66. The highest BCUT2D eigenvalue weighted by Gasteiger charge is 2.09. The van der Waals surface area contributed by atoms with Crippen molar-refractivity contribution in [3.8, 4) is 5.88 Å². The molecule has 1 rings (SSSR count). The van der Waals surface area contributed by atoms with Gasteiger partial charge in [0.25, 0.3) is 0 Å². The first-order valence-electron chi connectivity index (χ1n) is 3.67. The molecule has 0 saturated heterocycles. The monoisotopic (exact) mass is 202 g/mol. The maximum absolute atomic E-state index is 10.2. The van der Waals surface area contributed by atoms with Gasteiger partial charge >= 0.3 is 5.97 Å². The minimum Gasteiger partial charge on any atom is -0.492 e. The van der Waals surface area contributed by atoms with E-state index >= 15 is 0 Å². The van der Waals surface area contributed by atoms with Crippen LogP contribution in [0.5, 0.6) is 5.88 Å². The summed E-state index contributed by atoms with van der Waals surface area (Å²) in [5.41, 5.74) is 0.478. The highest BCUT2D eigenvalue weighted by atomic mass is 32.2. The fourth-order valence-corrected chi connectivity index (χ4v) is 1.28. The Labute approximate surface area is 79.2 Å². The molecule has 0 aliphatic heterocycles. The van der Waals surface area contributed by atoms with Gasteiger partial charge in [-0.05, 0) is 6.26 Å². The Balaban J connectivity index is 2.65. The molecule has 5 nitrogen and oxygen atoms in total. The molecule has 13 heavy (non-hydrogen) atoms. The summed E-state index contributed by atoms with van der Waals surface area (Å²) in [7, 11) is 0. The number of rotatable bonds is 4. The molecule has 72 valence electrons. The summed E-state index contributed by atoms with van der Waals surface area (Å²) in [6.07, 6.45) is 2.08. The number of H-pyrrole nitrogens is 1. The first-order chi connectivity index (χ1) is 6.13. The molecule has 0 atom stereocenters. The lowest BCUT2D eigenvalue weighted by molar-refractivity contribution is -0.136. The zero-order valence-electron chi connectivity index (χ0n) is 7.07. The van der Waals surface area contributed by atoms with Crippen molar-refractivity contribution in [2.24, 2.45) is 0 Å². The van der Waals surface area contributed by atoms with E-state index in [2.05, 4.69) is 9.97 Å². The number of aromatic hydroxyl groups is 1. The molecule has 0 bridgehead atoms. The van der Waals surface area contributed by atoms with E-state index in [-0.39, 0.29) is 18.7 Å². The SMILES string of the molecule is CSc1nc(O)c(CCC(=O)O)[nH]1. The van der Waals surface area contributed by atoms with Crippen molar-refractivity contribution in [3.63, 3.8) is 0 Å². The summed E-state index contributed by atoms with van der Waals surface area (Å²) >= 11 is 1.36. The quantitative estimate of drug-likeness (QED) is 0.630. The van der Waals surface area contributed by atoms with Crippen LogP contribution in [0.1, 0.15) is 12.1 Å². The second-order valence-electron chi connectivity index (χ2n) is 2.44. The van der Waals surface area contributed by atoms with Gasteiger partial charge in [0, 0.05) is 6.42 Å². The van der Waals surface area contributed by atoms with Crippen molar-refractivity contribution in [2.45, 2.75) is 18.0 Å². The predicted molar refractivity (Wildman–Crippen MR) is 48.0 cm³/mol. The Morgan fingerprint density at radius 3 is 2.85 bits per heavy atom. The molecule has 0 fully saturated rings. The van der Waals surface area contributed by atoms with Crippen molar-refractivity contribution in [1.82, 2.24) is 9.97 Å². The van der Waals surface area contributed by atoms with Crippen molar-refractivity contribution >= 4 is 17.7 Å². The normalized spacial score (nSPS) is 10.2. The van der Waals surface area contributed by atoms with Gasteiger partial charge in [0.05, 0.1) is 12.1 Å². The number of carbonyl (C=O) groups is 1. The summed E-state index contributed by atoms with van der Waals surface area (Å²) < 4.78 is 0. The number of thioether (sulfide) groups is 1. The third-order valence-electron chi connectivity index (χ3n) is 1.52. The van der Waals surface area contributed by atoms with Crippen LogP contribution in [0.2, 0.25) is 0 Å². The molecule has 6 heteroatoms. The Hall–Kier alpha value is -1.17. The Morgan fingerprint density at radius 1 is 1.69 bits per heavy atom. The third-order valence-corrected chi connectivity index (χ3v) is 2.10. The van der Waals surface area contributed by atoms with Crippen LogP contribution >= 0.6 is 11.8 Å². The van der Waals surface area contributed by atoms with Gasteiger partial charge in [0.15, 0.2) is 5.16 Å². The maximum Gasteiger partial charge on any atom is 0.303 e. The smallest absolute Gasteiger partial charge is 0.303 e. The highest BCUT2D eigenvalue weighted by Crippen LogP contribution is 2.20. The van der Waals surface area contributed by atoms with E-state index < -0.39 is 5.97 Å². The number of aliphatic carboxylic acids is 1. The zero-order valence-corrected chi connectivity index (χ0v) is 7.89. The van der Waals surface area contributed by atoms with Gasteiger partial charge in [0.1, 0.15) is 0 Å². The fourth-order valence-electron chi connectivity index (χ4n) is 0.880. The number of hydrogen-bond donors (Lipinski definition) is 3. The number of aromatic amines is 1. The lowest BCUT2D eigenvalue weighted by Gasteiger charge is -1.93. The first kappa shape index (κ1) is 9.91. The maximum atomic E-state index is 10.2.